The molecule has 0 spiro atoms. The second kappa shape index (κ2) is 7.01. The number of likely N-dealkylation sites (tertiary alicyclic amines) is 1. The number of rotatable bonds is 5. The molecule has 0 aromatic heterocycles. The number of aliphatic carboxylic acids is 1. The first kappa shape index (κ1) is 16.5. The highest BCUT2D eigenvalue weighted by Crippen LogP contribution is 2.37. The highest BCUT2D eigenvalue weighted by atomic mass is 79.9. The first-order valence-electron chi connectivity index (χ1n) is 8.08. The molecule has 2 N–H and O–H groups in total. The van der Waals surface area contributed by atoms with Crippen LogP contribution in [0.2, 0.25) is 0 Å². The van der Waals surface area contributed by atoms with Crippen molar-refractivity contribution in [2.45, 2.75) is 31.7 Å². The Morgan fingerprint density at radius 2 is 1.83 bits per heavy atom. The molecule has 1 saturated carbocycles. The molecule has 124 valence electrons. The molecule has 1 heterocycles. The van der Waals surface area contributed by atoms with E-state index < -0.39 is 5.97 Å². The Morgan fingerprint density at radius 3 is 2.39 bits per heavy atom. The van der Waals surface area contributed by atoms with Gasteiger partial charge in [-0.3, -0.25) is 14.5 Å². The molecule has 5 nitrogen and oxygen atoms in total. The van der Waals surface area contributed by atoms with Crippen LogP contribution in [0, 0.1) is 11.8 Å². The van der Waals surface area contributed by atoms with Crippen LogP contribution in [-0.2, 0) is 9.59 Å². The van der Waals surface area contributed by atoms with Crippen molar-refractivity contribution >= 4 is 33.5 Å². The maximum Gasteiger partial charge on any atom is 0.321 e. The molecule has 3 rings (SSSR count). The molecule has 1 aliphatic heterocycles. The number of halogens is 1. The second-order valence-electron chi connectivity index (χ2n) is 6.40. The molecule has 2 fully saturated rings. The van der Waals surface area contributed by atoms with Gasteiger partial charge in [0.05, 0.1) is 5.69 Å². The first-order chi connectivity index (χ1) is 11.1. The van der Waals surface area contributed by atoms with Gasteiger partial charge in [0.15, 0.2) is 0 Å². The average molecular weight is 381 g/mol. The van der Waals surface area contributed by atoms with Crippen molar-refractivity contribution in [2.24, 2.45) is 11.8 Å². The van der Waals surface area contributed by atoms with Gasteiger partial charge in [-0.25, -0.2) is 0 Å². The number of carbonyl (C=O) groups excluding carboxylic acids is 1. The quantitative estimate of drug-likeness (QED) is 0.823. The minimum absolute atomic E-state index is 0.0230. The van der Waals surface area contributed by atoms with Gasteiger partial charge in [0.1, 0.15) is 6.04 Å². The summed E-state index contributed by atoms with van der Waals surface area (Å²) < 4.78 is 0.866. The standard InChI is InChI=1S/C17H21BrN2O3/c18-13-3-1-2-4-14(13)19-16(21)12-7-9-20(10-8-12)15(17(22)23)11-5-6-11/h1-4,11-12,15H,5-10H2,(H,19,21)(H,22,23)/t15-/m0/s1. The van der Waals surface area contributed by atoms with Crippen molar-refractivity contribution in [3.63, 3.8) is 0 Å². The molecule has 1 aromatic rings. The molecule has 1 amide bonds. The molecule has 0 bridgehead atoms. The van der Waals surface area contributed by atoms with Gasteiger partial charge in [-0.2, -0.15) is 0 Å². The average Bonchev–Trinajstić information content (AvgIpc) is 3.35. The number of carbonyl (C=O) groups is 2. The van der Waals surface area contributed by atoms with Gasteiger partial charge in [0, 0.05) is 10.4 Å². The largest absolute Gasteiger partial charge is 0.480 e. The Kier molecular flexibility index (Phi) is 5.02. The number of hydrogen-bond donors (Lipinski definition) is 2. The summed E-state index contributed by atoms with van der Waals surface area (Å²) >= 11 is 3.43. The predicted octanol–water partition coefficient (Wildman–Crippen LogP) is 2.96. The fraction of sp³-hybridized carbons (Fsp3) is 0.529. The van der Waals surface area contributed by atoms with E-state index in [9.17, 15) is 14.7 Å². The Labute approximate surface area is 144 Å². The number of nitrogens with one attached hydrogen (secondary N) is 1. The Hall–Kier alpha value is -1.40. The second-order valence-corrected chi connectivity index (χ2v) is 7.25. The number of amides is 1. The van der Waals surface area contributed by atoms with Crippen molar-refractivity contribution in [1.29, 1.82) is 0 Å². The lowest BCUT2D eigenvalue weighted by molar-refractivity contribution is -0.145. The maximum absolute atomic E-state index is 12.4. The Bertz CT molecular complexity index is 595. The summed E-state index contributed by atoms with van der Waals surface area (Å²) in [5.41, 5.74) is 0.779. The summed E-state index contributed by atoms with van der Waals surface area (Å²) in [6.45, 7) is 1.36. The Morgan fingerprint density at radius 1 is 1.17 bits per heavy atom. The summed E-state index contributed by atoms with van der Waals surface area (Å²) in [4.78, 5) is 25.9. The van der Waals surface area contributed by atoms with E-state index in [1.54, 1.807) is 0 Å². The number of anilines is 1. The number of benzene rings is 1. The van der Waals surface area contributed by atoms with Crippen LogP contribution < -0.4 is 5.32 Å². The lowest BCUT2D eigenvalue weighted by atomic mass is 9.94. The van der Waals surface area contributed by atoms with E-state index in [1.165, 1.54) is 0 Å². The van der Waals surface area contributed by atoms with Crippen molar-refractivity contribution < 1.29 is 14.7 Å². The van der Waals surface area contributed by atoms with Crippen molar-refractivity contribution in [3.8, 4) is 0 Å². The normalized spacial score (nSPS) is 20.9. The van der Waals surface area contributed by atoms with Gasteiger partial charge in [-0.1, -0.05) is 12.1 Å². The van der Waals surface area contributed by atoms with Crippen LogP contribution in [0.4, 0.5) is 5.69 Å². The lowest BCUT2D eigenvalue weighted by Crippen LogP contribution is -2.48. The molecular weight excluding hydrogens is 360 g/mol. The molecule has 2 aliphatic rings. The van der Waals surface area contributed by atoms with E-state index in [-0.39, 0.29) is 17.9 Å². The van der Waals surface area contributed by atoms with Gasteiger partial charge < -0.3 is 10.4 Å². The zero-order valence-electron chi connectivity index (χ0n) is 12.9. The third kappa shape index (κ3) is 3.93. The summed E-state index contributed by atoms with van der Waals surface area (Å²) in [5.74, 6) is -0.441. The topological polar surface area (TPSA) is 69.6 Å². The fourth-order valence-electron chi connectivity index (χ4n) is 3.31. The van der Waals surface area contributed by atoms with E-state index in [0.29, 0.717) is 31.8 Å². The van der Waals surface area contributed by atoms with Gasteiger partial charge in [-0.05, 0) is 72.8 Å². The number of piperidine rings is 1. The fourth-order valence-corrected chi connectivity index (χ4v) is 3.69. The van der Waals surface area contributed by atoms with Crippen molar-refractivity contribution in [2.75, 3.05) is 18.4 Å². The van der Waals surface area contributed by atoms with Crippen LogP contribution in [0.3, 0.4) is 0 Å². The molecule has 6 heteroatoms. The van der Waals surface area contributed by atoms with Crippen molar-refractivity contribution in [1.82, 2.24) is 4.90 Å². The van der Waals surface area contributed by atoms with Crippen LogP contribution in [0.15, 0.2) is 28.7 Å². The summed E-state index contributed by atoms with van der Waals surface area (Å²) in [5, 5.41) is 12.4. The van der Waals surface area contributed by atoms with Crippen molar-refractivity contribution in [3.05, 3.63) is 28.7 Å². The van der Waals surface area contributed by atoms with Gasteiger partial charge >= 0.3 is 5.97 Å². The van der Waals surface area contributed by atoms with E-state index in [0.717, 1.165) is 23.0 Å². The Balaban J connectivity index is 1.55. The van der Waals surface area contributed by atoms with Crippen LogP contribution in [0.5, 0.6) is 0 Å². The lowest BCUT2D eigenvalue weighted by Gasteiger charge is -2.35. The van der Waals surface area contributed by atoms with Crippen LogP contribution in [0.25, 0.3) is 0 Å². The molecule has 0 radical (unpaired) electrons. The third-order valence-electron chi connectivity index (χ3n) is 4.75. The third-order valence-corrected chi connectivity index (χ3v) is 5.44. The number of hydrogen-bond acceptors (Lipinski definition) is 3. The van der Waals surface area contributed by atoms with E-state index >= 15 is 0 Å². The number of para-hydroxylation sites is 1. The van der Waals surface area contributed by atoms with E-state index in [1.807, 2.05) is 29.2 Å². The molecule has 1 aliphatic carbocycles. The molecule has 0 unspecified atom stereocenters. The van der Waals surface area contributed by atoms with Crippen LogP contribution in [0.1, 0.15) is 25.7 Å². The molecule has 23 heavy (non-hydrogen) atoms. The van der Waals surface area contributed by atoms with Gasteiger partial charge in [-0.15, -0.1) is 0 Å². The minimum Gasteiger partial charge on any atom is -0.480 e. The summed E-state index contributed by atoms with van der Waals surface area (Å²) in [7, 11) is 0. The smallest absolute Gasteiger partial charge is 0.321 e. The van der Waals surface area contributed by atoms with E-state index in [4.69, 9.17) is 0 Å². The predicted molar refractivity (Wildman–Crippen MR) is 91.2 cm³/mol. The van der Waals surface area contributed by atoms with Crippen LogP contribution in [-0.4, -0.2) is 41.0 Å². The number of carboxylic acids is 1. The van der Waals surface area contributed by atoms with Crippen LogP contribution >= 0.6 is 15.9 Å². The SMILES string of the molecule is O=C(Nc1ccccc1Br)C1CCN([C@H](C(=O)O)C2CC2)CC1. The zero-order chi connectivity index (χ0) is 16.4. The highest BCUT2D eigenvalue weighted by molar-refractivity contribution is 9.10. The van der Waals surface area contributed by atoms with Gasteiger partial charge in [0.25, 0.3) is 0 Å². The minimum atomic E-state index is -0.719. The molecule has 1 saturated heterocycles. The van der Waals surface area contributed by atoms with E-state index in [2.05, 4.69) is 21.2 Å². The number of carboxylic acid groups (broad SMARTS) is 1. The first-order valence-corrected chi connectivity index (χ1v) is 8.88. The summed E-state index contributed by atoms with van der Waals surface area (Å²) in [6.07, 6.45) is 3.46. The highest BCUT2D eigenvalue weighted by Gasteiger charge is 2.41. The maximum atomic E-state index is 12.4. The molecule has 1 aromatic carbocycles. The molecule has 1 atom stereocenters. The molecular formula is C17H21BrN2O3. The monoisotopic (exact) mass is 380 g/mol. The zero-order valence-corrected chi connectivity index (χ0v) is 14.5. The summed E-state index contributed by atoms with van der Waals surface area (Å²) in [6, 6.07) is 7.19. The number of nitrogens with zero attached hydrogens (tertiary/aromatic N) is 1. The van der Waals surface area contributed by atoms with Gasteiger partial charge in [0.2, 0.25) is 5.91 Å².